The second-order valence-electron chi connectivity index (χ2n) is 4.42. The summed E-state index contributed by atoms with van der Waals surface area (Å²) in [6, 6.07) is 0. The van der Waals surface area contributed by atoms with E-state index in [4.69, 9.17) is 4.74 Å². The molecule has 0 aromatic heterocycles. The van der Waals surface area contributed by atoms with E-state index in [2.05, 4.69) is 17.6 Å². The lowest BCUT2D eigenvalue weighted by Crippen LogP contribution is -2.39. The highest BCUT2D eigenvalue weighted by Crippen LogP contribution is 2.07. The molecule has 0 spiro atoms. The van der Waals surface area contributed by atoms with Crippen LogP contribution in [0.5, 0.6) is 0 Å². The Labute approximate surface area is 98.1 Å². The van der Waals surface area contributed by atoms with Gasteiger partial charge in [0.25, 0.3) is 0 Å². The van der Waals surface area contributed by atoms with Gasteiger partial charge in [-0.15, -0.1) is 0 Å². The third-order valence-electron chi connectivity index (χ3n) is 2.86. The largest absolute Gasteiger partial charge is 0.372 e. The molecule has 4 heteroatoms. The number of nitrogens with one attached hydrogen (secondary N) is 2. The summed E-state index contributed by atoms with van der Waals surface area (Å²) in [4.78, 5) is 11.4. The number of carbonyl (C=O) groups is 1. The molecule has 1 aliphatic rings. The summed E-state index contributed by atoms with van der Waals surface area (Å²) in [6.07, 6.45) is 4.56. The standard InChI is InChI=1S/C12H24N2O2/c1-2-3-7-16-10-12(15)14-9-11-5-4-6-13-8-11/h11,13H,2-10H2,1H3,(H,14,15). The van der Waals surface area contributed by atoms with Crippen molar-refractivity contribution in [2.45, 2.75) is 32.6 Å². The first-order chi connectivity index (χ1) is 7.83. The van der Waals surface area contributed by atoms with Crippen molar-refractivity contribution in [1.29, 1.82) is 0 Å². The van der Waals surface area contributed by atoms with Gasteiger partial charge in [0, 0.05) is 13.2 Å². The fourth-order valence-corrected chi connectivity index (χ4v) is 1.82. The minimum absolute atomic E-state index is 0.0154. The van der Waals surface area contributed by atoms with Gasteiger partial charge in [0.15, 0.2) is 0 Å². The van der Waals surface area contributed by atoms with Crippen molar-refractivity contribution in [3.8, 4) is 0 Å². The Morgan fingerprint density at radius 3 is 3.12 bits per heavy atom. The van der Waals surface area contributed by atoms with Gasteiger partial charge >= 0.3 is 0 Å². The highest BCUT2D eigenvalue weighted by molar-refractivity contribution is 5.77. The van der Waals surface area contributed by atoms with Crippen LogP contribution < -0.4 is 10.6 Å². The van der Waals surface area contributed by atoms with Crippen molar-refractivity contribution in [2.75, 3.05) is 32.8 Å². The molecule has 1 heterocycles. The molecule has 1 saturated heterocycles. The van der Waals surface area contributed by atoms with Gasteiger partial charge in [-0.1, -0.05) is 13.3 Å². The average molecular weight is 228 g/mol. The maximum absolute atomic E-state index is 11.4. The molecule has 1 atom stereocenters. The van der Waals surface area contributed by atoms with Crippen LogP contribution in [0, 0.1) is 5.92 Å². The molecule has 16 heavy (non-hydrogen) atoms. The first-order valence-electron chi connectivity index (χ1n) is 6.38. The lowest BCUT2D eigenvalue weighted by atomic mass is 10.00. The molecule has 2 N–H and O–H groups in total. The highest BCUT2D eigenvalue weighted by atomic mass is 16.5. The maximum atomic E-state index is 11.4. The maximum Gasteiger partial charge on any atom is 0.246 e. The smallest absolute Gasteiger partial charge is 0.246 e. The topological polar surface area (TPSA) is 50.4 Å². The summed E-state index contributed by atoms with van der Waals surface area (Å²) >= 11 is 0. The van der Waals surface area contributed by atoms with Crippen LogP contribution in [0.4, 0.5) is 0 Å². The normalized spacial score (nSPS) is 20.7. The van der Waals surface area contributed by atoms with E-state index in [1.54, 1.807) is 0 Å². The minimum Gasteiger partial charge on any atom is -0.372 e. The van der Waals surface area contributed by atoms with Gasteiger partial charge in [-0.3, -0.25) is 4.79 Å². The Hall–Kier alpha value is -0.610. The number of amides is 1. The third kappa shape index (κ3) is 6.08. The van der Waals surface area contributed by atoms with E-state index in [0.717, 1.165) is 32.5 Å². The molecule has 1 amide bonds. The molecule has 0 bridgehead atoms. The van der Waals surface area contributed by atoms with Crippen molar-refractivity contribution in [3.63, 3.8) is 0 Å². The van der Waals surface area contributed by atoms with E-state index in [1.165, 1.54) is 12.8 Å². The molecule has 0 radical (unpaired) electrons. The Morgan fingerprint density at radius 1 is 1.56 bits per heavy atom. The molecule has 0 aromatic rings. The van der Waals surface area contributed by atoms with Crippen LogP contribution in [0.1, 0.15) is 32.6 Å². The molecule has 1 unspecified atom stereocenters. The second-order valence-corrected chi connectivity index (χ2v) is 4.42. The molecular weight excluding hydrogens is 204 g/mol. The summed E-state index contributed by atoms with van der Waals surface area (Å²) in [5.41, 5.74) is 0. The Morgan fingerprint density at radius 2 is 2.44 bits per heavy atom. The zero-order chi connectivity index (χ0) is 11.6. The zero-order valence-electron chi connectivity index (χ0n) is 10.3. The SMILES string of the molecule is CCCCOCC(=O)NCC1CCCNC1. The number of rotatable bonds is 7. The molecule has 0 saturated carbocycles. The van der Waals surface area contributed by atoms with E-state index >= 15 is 0 Å². The van der Waals surface area contributed by atoms with Gasteiger partial charge in [-0.25, -0.2) is 0 Å². The van der Waals surface area contributed by atoms with Crippen LogP contribution in [0.2, 0.25) is 0 Å². The minimum atomic E-state index is 0.0154. The number of ether oxygens (including phenoxy) is 1. The predicted molar refractivity (Wildman–Crippen MR) is 64.3 cm³/mol. The van der Waals surface area contributed by atoms with Gasteiger partial charge in [0.05, 0.1) is 0 Å². The average Bonchev–Trinajstić information content (AvgIpc) is 2.33. The van der Waals surface area contributed by atoms with Crippen molar-refractivity contribution in [1.82, 2.24) is 10.6 Å². The number of hydrogen-bond donors (Lipinski definition) is 2. The highest BCUT2D eigenvalue weighted by Gasteiger charge is 2.13. The van der Waals surface area contributed by atoms with Crippen LogP contribution in [0.3, 0.4) is 0 Å². The summed E-state index contributed by atoms with van der Waals surface area (Å²) in [7, 11) is 0. The van der Waals surface area contributed by atoms with E-state index in [1.807, 2.05) is 0 Å². The molecule has 94 valence electrons. The van der Waals surface area contributed by atoms with Crippen molar-refractivity contribution < 1.29 is 9.53 Å². The van der Waals surface area contributed by atoms with Gasteiger partial charge in [0.1, 0.15) is 6.61 Å². The Bertz CT molecular complexity index is 191. The van der Waals surface area contributed by atoms with Crippen LogP contribution in [0.25, 0.3) is 0 Å². The summed E-state index contributed by atoms with van der Waals surface area (Å²) in [6.45, 7) is 5.93. The van der Waals surface area contributed by atoms with Crippen molar-refractivity contribution in [2.24, 2.45) is 5.92 Å². The fraction of sp³-hybridized carbons (Fsp3) is 0.917. The number of carbonyl (C=O) groups excluding carboxylic acids is 1. The second kappa shape index (κ2) is 8.53. The first kappa shape index (κ1) is 13.5. The molecular formula is C12H24N2O2. The Balaban J connectivity index is 1.96. The number of unbranched alkanes of at least 4 members (excludes halogenated alkanes) is 1. The monoisotopic (exact) mass is 228 g/mol. The van der Waals surface area contributed by atoms with Gasteiger partial charge in [-0.2, -0.15) is 0 Å². The van der Waals surface area contributed by atoms with E-state index < -0.39 is 0 Å². The van der Waals surface area contributed by atoms with Crippen LogP contribution in [-0.2, 0) is 9.53 Å². The first-order valence-corrected chi connectivity index (χ1v) is 6.38. The Kier molecular flexibility index (Phi) is 7.17. The molecule has 0 aliphatic carbocycles. The fourth-order valence-electron chi connectivity index (χ4n) is 1.82. The van der Waals surface area contributed by atoms with Crippen LogP contribution in [-0.4, -0.2) is 38.8 Å². The number of hydrogen-bond acceptors (Lipinski definition) is 3. The third-order valence-corrected chi connectivity index (χ3v) is 2.86. The summed E-state index contributed by atoms with van der Waals surface area (Å²) in [5, 5.41) is 6.26. The van der Waals surface area contributed by atoms with Crippen LogP contribution >= 0.6 is 0 Å². The lowest BCUT2D eigenvalue weighted by Gasteiger charge is -2.22. The van der Waals surface area contributed by atoms with Gasteiger partial charge in [0.2, 0.25) is 5.91 Å². The van der Waals surface area contributed by atoms with Gasteiger partial charge in [-0.05, 0) is 38.3 Å². The van der Waals surface area contributed by atoms with Crippen LogP contribution in [0.15, 0.2) is 0 Å². The lowest BCUT2D eigenvalue weighted by molar-refractivity contribution is -0.125. The molecule has 1 fully saturated rings. The molecule has 1 aliphatic heterocycles. The number of piperidine rings is 1. The van der Waals surface area contributed by atoms with Crippen molar-refractivity contribution in [3.05, 3.63) is 0 Å². The van der Waals surface area contributed by atoms with E-state index in [0.29, 0.717) is 12.5 Å². The molecule has 4 nitrogen and oxygen atoms in total. The van der Waals surface area contributed by atoms with Gasteiger partial charge < -0.3 is 15.4 Å². The molecule has 1 rings (SSSR count). The molecule has 0 aromatic carbocycles. The predicted octanol–water partition coefficient (Wildman–Crippen LogP) is 0.919. The summed E-state index contributed by atoms with van der Waals surface area (Å²) < 4.78 is 5.25. The van der Waals surface area contributed by atoms with E-state index in [-0.39, 0.29) is 12.5 Å². The quantitative estimate of drug-likeness (QED) is 0.637. The van der Waals surface area contributed by atoms with Crippen molar-refractivity contribution >= 4 is 5.91 Å². The summed E-state index contributed by atoms with van der Waals surface area (Å²) in [5.74, 6) is 0.606. The van der Waals surface area contributed by atoms with E-state index in [9.17, 15) is 4.79 Å². The zero-order valence-corrected chi connectivity index (χ0v) is 10.3.